The molecule has 1 aromatic rings. The van der Waals surface area contributed by atoms with Gasteiger partial charge in [-0.3, -0.25) is 9.79 Å². The number of aliphatic imine (C=N–C) groups is 1. The summed E-state index contributed by atoms with van der Waals surface area (Å²) in [5.74, 6) is 1.26. The van der Waals surface area contributed by atoms with Gasteiger partial charge in [0, 0.05) is 38.8 Å². The zero-order chi connectivity index (χ0) is 17.7. The number of carbonyl (C=O) groups excluding carboxylic acids is 1. The molecule has 1 aliphatic carbocycles. The molecule has 0 radical (unpaired) electrons. The third-order valence-electron chi connectivity index (χ3n) is 5.60. The molecule has 0 aromatic carbocycles. The van der Waals surface area contributed by atoms with Crippen molar-refractivity contribution in [3.8, 4) is 0 Å². The van der Waals surface area contributed by atoms with E-state index in [1.807, 2.05) is 14.0 Å². The number of nitrogens with zero attached hydrogens (tertiary/aromatic N) is 2. The number of hydrogen-bond donors (Lipinski definition) is 2. The lowest BCUT2D eigenvalue weighted by Crippen LogP contribution is -2.42. The summed E-state index contributed by atoms with van der Waals surface area (Å²) in [6.07, 6.45) is 9.21. The standard InChI is InChI=1S/C19H30N4O2.HI/c1-15-6-13-25-16(15)17(24)21-10-5-11-22-18(20-2)23-12-9-19(14-23)7-3-4-8-19;/h6,13H,3-5,7-12,14H2,1-2H3,(H,20,22)(H,21,24);1H. The van der Waals surface area contributed by atoms with Gasteiger partial charge in [-0.05, 0) is 44.1 Å². The van der Waals surface area contributed by atoms with Crippen LogP contribution in [0.2, 0.25) is 0 Å². The minimum atomic E-state index is -0.144. The first kappa shape index (κ1) is 21.1. The van der Waals surface area contributed by atoms with Crippen LogP contribution in [0.15, 0.2) is 21.7 Å². The van der Waals surface area contributed by atoms with E-state index in [1.165, 1.54) is 32.1 Å². The van der Waals surface area contributed by atoms with E-state index in [2.05, 4.69) is 20.5 Å². The van der Waals surface area contributed by atoms with Crippen molar-refractivity contribution in [2.24, 2.45) is 10.4 Å². The molecule has 1 saturated heterocycles. The SMILES string of the molecule is CN=C(NCCCNC(=O)c1occc1C)N1CCC2(CCCC2)C1.I. The van der Waals surface area contributed by atoms with Crippen molar-refractivity contribution < 1.29 is 9.21 Å². The maximum absolute atomic E-state index is 12.0. The number of furan rings is 1. The van der Waals surface area contributed by atoms with Crippen LogP contribution in [0.4, 0.5) is 0 Å². The number of carbonyl (C=O) groups is 1. The smallest absolute Gasteiger partial charge is 0.287 e. The molecule has 6 nitrogen and oxygen atoms in total. The molecule has 2 aliphatic rings. The summed E-state index contributed by atoms with van der Waals surface area (Å²) in [6, 6.07) is 1.80. The van der Waals surface area contributed by atoms with E-state index in [0.717, 1.165) is 37.6 Å². The van der Waals surface area contributed by atoms with Crippen LogP contribution >= 0.6 is 24.0 Å². The summed E-state index contributed by atoms with van der Waals surface area (Å²) in [6.45, 7) is 5.53. The zero-order valence-corrected chi connectivity index (χ0v) is 18.2. The Hall–Kier alpha value is -1.25. The van der Waals surface area contributed by atoms with Crippen LogP contribution < -0.4 is 10.6 Å². The highest BCUT2D eigenvalue weighted by atomic mass is 127. The second kappa shape index (κ2) is 9.62. The van der Waals surface area contributed by atoms with Gasteiger partial charge in [0.15, 0.2) is 11.7 Å². The Morgan fingerprint density at radius 1 is 1.27 bits per heavy atom. The predicted octanol–water partition coefficient (Wildman–Crippen LogP) is 3.17. The molecular weight excluding hydrogens is 443 g/mol. The number of likely N-dealkylation sites (tertiary alicyclic amines) is 1. The van der Waals surface area contributed by atoms with E-state index in [9.17, 15) is 4.79 Å². The molecule has 1 aromatic heterocycles. The van der Waals surface area contributed by atoms with Crippen LogP contribution in [-0.4, -0.2) is 50.0 Å². The van der Waals surface area contributed by atoms with Gasteiger partial charge in [-0.1, -0.05) is 12.8 Å². The number of hydrogen-bond acceptors (Lipinski definition) is 3. The Kier molecular flexibility index (Phi) is 7.79. The van der Waals surface area contributed by atoms with Crippen LogP contribution in [-0.2, 0) is 0 Å². The zero-order valence-electron chi connectivity index (χ0n) is 15.8. The monoisotopic (exact) mass is 474 g/mol. The highest BCUT2D eigenvalue weighted by molar-refractivity contribution is 14.0. The molecule has 2 N–H and O–H groups in total. The fourth-order valence-electron chi connectivity index (χ4n) is 4.16. The van der Waals surface area contributed by atoms with Gasteiger partial charge in [0.1, 0.15) is 0 Å². The molecule has 3 rings (SSSR count). The molecule has 26 heavy (non-hydrogen) atoms. The Labute approximate surface area is 173 Å². The van der Waals surface area contributed by atoms with Gasteiger partial charge in [-0.25, -0.2) is 0 Å². The van der Waals surface area contributed by atoms with Gasteiger partial charge < -0.3 is 20.0 Å². The van der Waals surface area contributed by atoms with Crippen molar-refractivity contribution >= 4 is 35.8 Å². The molecular formula is C19H31IN4O2. The van der Waals surface area contributed by atoms with Crippen molar-refractivity contribution in [1.82, 2.24) is 15.5 Å². The molecule has 0 atom stereocenters. The van der Waals surface area contributed by atoms with Gasteiger partial charge in [0.05, 0.1) is 6.26 Å². The van der Waals surface area contributed by atoms with E-state index in [4.69, 9.17) is 4.42 Å². The Balaban J connectivity index is 0.00000243. The molecule has 2 heterocycles. The van der Waals surface area contributed by atoms with Crippen molar-refractivity contribution in [3.63, 3.8) is 0 Å². The molecule has 0 bridgehead atoms. The Bertz CT molecular complexity index is 623. The first-order valence-electron chi connectivity index (χ1n) is 9.41. The van der Waals surface area contributed by atoms with Crippen molar-refractivity contribution in [3.05, 3.63) is 23.7 Å². The fraction of sp³-hybridized carbons (Fsp3) is 0.684. The lowest BCUT2D eigenvalue weighted by atomic mass is 9.86. The molecule has 1 aliphatic heterocycles. The predicted molar refractivity (Wildman–Crippen MR) is 114 cm³/mol. The van der Waals surface area contributed by atoms with E-state index in [-0.39, 0.29) is 29.9 Å². The second-order valence-corrected chi connectivity index (χ2v) is 7.39. The Morgan fingerprint density at radius 3 is 2.65 bits per heavy atom. The number of rotatable bonds is 5. The highest BCUT2D eigenvalue weighted by Crippen LogP contribution is 2.45. The number of nitrogens with one attached hydrogen (secondary N) is 2. The number of amides is 1. The minimum absolute atomic E-state index is 0. The average Bonchev–Trinajstić information content (AvgIpc) is 3.34. The van der Waals surface area contributed by atoms with Gasteiger partial charge in [-0.2, -0.15) is 0 Å². The van der Waals surface area contributed by atoms with E-state index < -0.39 is 0 Å². The molecule has 1 saturated carbocycles. The summed E-state index contributed by atoms with van der Waals surface area (Å²) in [5.41, 5.74) is 1.41. The molecule has 146 valence electrons. The third-order valence-corrected chi connectivity index (χ3v) is 5.60. The van der Waals surface area contributed by atoms with Crippen molar-refractivity contribution in [1.29, 1.82) is 0 Å². The number of halogens is 1. The van der Waals surface area contributed by atoms with E-state index in [1.54, 1.807) is 12.3 Å². The average molecular weight is 474 g/mol. The molecule has 2 fully saturated rings. The van der Waals surface area contributed by atoms with E-state index in [0.29, 0.717) is 17.7 Å². The molecule has 1 spiro atoms. The summed E-state index contributed by atoms with van der Waals surface area (Å²) >= 11 is 0. The van der Waals surface area contributed by atoms with Crippen LogP contribution in [0.1, 0.15) is 54.6 Å². The van der Waals surface area contributed by atoms with Crippen LogP contribution in [0.5, 0.6) is 0 Å². The van der Waals surface area contributed by atoms with Crippen LogP contribution in [0, 0.1) is 12.3 Å². The number of aryl methyl sites for hydroxylation is 1. The van der Waals surface area contributed by atoms with Gasteiger partial charge in [0.25, 0.3) is 5.91 Å². The maximum Gasteiger partial charge on any atom is 0.287 e. The fourth-order valence-corrected chi connectivity index (χ4v) is 4.16. The summed E-state index contributed by atoms with van der Waals surface area (Å²) in [4.78, 5) is 18.8. The van der Waals surface area contributed by atoms with E-state index >= 15 is 0 Å². The van der Waals surface area contributed by atoms with Gasteiger partial charge in [0.2, 0.25) is 0 Å². The normalized spacial score (nSPS) is 18.8. The van der Waals surface area contributed by atoms with Crippen molar-refractivity contribution in [2.45, 2.75) is 45.4 Å². The molecule has 0 unspecified atom stereocenters. The first-order valence-corrected chi connectivity index (χ1v) is 9.41. The topological polar surface area (TPSA) is 69.9 Å². The summed E-state index contributed by atoms with van der Waals surface area (Å²) in [5, 5.41) is 6.34. The minimum Gasteiger partial charge on any atom is -0.459 e. The maximum atomic E-state index is 12.0. The van der Waals surface area contributed by atoms with Crippen LogP contribution in [0.25, 0.3) is 0 Å². The first-order chi connectivity index (χ1) is 12.1. The largest absolute Gasteiger partial charge is 0.459 e. The number of guanidine groups is 1. The summed E-state index contributed by atoms with van der Waals surface area (Å²) < 4.78 is 5.20. The summed E-state index contributed by atoms with van der Waals surface area (Å²) in [7, 11) is 1.85. The molecule has 1 amide bonds. The van der Waals surface area contributed by atoms with Gasteiger partial charge in [-0.15, -0.1) is 24.0 Å². The molecule has 7 heteroatoms. The van der Waals surface area contributed by atoms with Gasteiger partial charge >= 0.3 is 0 Å². The quantitative estimate of drug-likeness (QED) is 0.298. The highest BCUT2D eigenvalue weighted by Gasteiger charge is 2.40. The second-order valence-electron chi connectivity index (χ2n) is 7.39. The lowest BCUT2D eigenvalue weighted by Gasteiger charge is -2.25. The van der Waals surface area contributed by atoms with Crippen LogP contribution in [0.3, 0.4) is 0 Å². The third kappa shape index (κ3) is 4.92. The van der Waals surface area contributed by atoms with Crippen molar-refractivity contribution in [2.75, 3.05) is 33.2 Å². The lowest BCUT2D eigenvalue weighted by molar-refractivity contribution is 0.0925. The Morgan fingerprint density at radius 2 is 2.00 bits per heavy atom.